The number of nitrogens with one attached hydrogen (secondary N) is 2. The van der Waals surface area contributed by atoms with E-state index in [2.05, 4.69) is 20.8 Å². The van der Waals surface area contributed by atoms with Crippen molar-refractivity contribution in [1.29, 1.82) is 0 Å². The highest BCUT2D eigenvalue weighted by molar-refractivity contribution is 5.94. The van der Waals surface area contributed by atoms with Crippen molar-refractivity contribution in [2.24, 2.45) is 0 Å². The molecule has 0 atom stereocenters. The van der Waals surface area contributed by atoms with E-state index in [1.807, 2.05) is 34.9 Å². The van der Waals surface area contributed by atoms with Crippen LogP contribution in [0, 0.1) is 0 Å². The van der Waals surface area contributed by atoms with E-state index in [1.165, 1.54) is 0 Å². The van der Waals surface area contributed by atoms with Crippen LogP contribution in [0.5, 0.6) is 0 Å². The molecule has 0 saturated heterocycles. The zero-order chi connectivity index (χ0) is 17.5. The third-order valence-corrected chi connectivity index (χ3v) is 3.73. The summed E-state index contributed by atoms with van der Waals surface area (Å²) in [5.41, 5.74) is 1.37. The maximum atomic E-state index is 11.9. The van der Waals surface area contributed by atoms with Crippen LogP contribution in [0.1, 0.15) is 22.6 Å². The molecule has 25 heavy (non-hydrogen) atoms. The van der Waals surface area contributed by atoms with E-state index in [0.717, 1.165) is 11.5 Å². The number of aromatic nitrogens is 3. The van der Waals surface area contributed by atoms with Gasteiger partial charge in [0.1, 0.15) is 5.82 Å². The molecule has 7 heteroatoms. The molecule has 0 aliphatic heterocycles. The smallest absolute Gasteiger partial charge is 0.251 e. The van der Waals surface area contributed by atoms with Crippen molar-refractivity contribution in [1.82, 2.24) is 25.2 Å². The van der Waals surface area contributed by atoms with E-state index in [9.17, 15) is 9.59 Å². The first-order chi connectivity index (χ1) is 12.2. The molecular formula is C18H19N5O2. The van der Waals surface area contributed by atoms with Crippen LogP contribution in [0.15, 0.2) is 54.7 Å². The van der Waals surface area contributed by atoms with E-state index >= 15 is 0 Å². The van der Waals surface area contributed by atoms with Crippen LogP contribution >= 0.6 is 0 Å². The fourth-order valence-corrected chi connectivity index (χ4v) is 2.44. The summed E-state index contributed by atoms with van der Waals surface area (Å²) in [6.07, 6.45) is 2.72. The summed E-state index contributed by atoms with van der Waals surface area (Å²) in [6.45, 7) is 0.772. The van der Waals surface area contributed by atoms with Crippen LogP contribution in [0.2, 0.25) is 0 Å². The molecule has 0 aliphatic rings. The number of carbonyl (C=O) groups excluding carboxylic acids is 2. The largest absolute Gasteiger partial charge is 0.356 e. The van der Waals surface area contributed by atoms with Gasteiger partial charge in [-0.2, -0.15) is 0 Å². The molecule has 2 amide bonds. The molecule has 0 radical (unpaired) electrons. The Morgan fingerprint density at radius 1 is 0.920 bits per heavy atom. The molecule has 128 valence electrons. The molecule has 0 spiro atoms. The molecule has 0 aliphatic carbocycles. The molecule has 7 nitrogen and oxygen atoms in total. The highest BCUT2D eigenvalue weighted by Crippen LogP contribution is 2.03. The number of benzene rings is 1. The number of pyridine rings is 1. The first-order valence-electron chi connectivity index (χ1n) is 8.12. The van der Waals surface area contributed by atoms with Gasteiger partial charge in [0.25, 0.3) is 5.91 Å². The molecular weight excluding hydrogens is 318 g/mol. The molecule has 0 saturated carbocycles. The first-order valence-corrected chi connectivity index (χ1v) is 8.12. The van der Waals surface area contributed by atoms with Gasteiger partial charge in [-0.05, 0) is 24.3 Å². The lowest BCUT2D eigenvalue weighted by Gasteiger charge is -2.06. The Kier molecular flexibility index (Phi) is 5.36. The Morgan fingerprint density at radius 2 is 1.72 bits per heavy atom. The molecule has 2 N–H and O–H groups in total. The molecule has 3 aromatic rings. The van der Waals surface area contributed by atoms with Crippen LogP contribution in [0.3, 0.4) is 0 Å². The number of hydrogen-bond acceptors (Lipinski definition) is 4. The number of rotatable bonds is 7. The predicted molar refractivity (Wildman–Crippen MR) is 93.1 cm³/mol. The van der Waals surface area contributed by atoms with Gasteiger partial charge < -0.3 is 10.6 Å². The standard InChI is InChI=1S/C18H19N5O2/c24-17(10-12-20-18(25)14-6-2-1-3-7-14)19-11-9-16-22-21-15-8-4-5-13-23(15)16/h1-8,13H,9-12H2,(H,19,24)(H,20,25). The minimum absolute atomic E-state index is 0.109. The van der Waals surface area contributed by atoms with Crippen LogP contribution < -0.4 is 10.6 Å². The summed E-state index contributed by atoms with van der Waals surface area (Å²) < 4.78 is 1.90. The second-order valence-electron chi connectivity index (χ2n) is 5.52. The highest BCUT2D eigenvalue weighted by atomic mass is 16.2. The fourth-order valence-electron chi connectivity index (χ4n) is 2.44. The number of amides is 2. The van der Waals surface area contributed by atoms with Crippen molar-refractivity contribution in [3.05, 3.63) is 66.1 Å². The summed E-state index contributed by atoms with van der Waals surface area (Å²) in [5.74, 6) is 0.513. The summed E-state index contributed by atoms with van der Waals surface area (Å²) in [6, 6.07) is 14.6. The maximum absolute atomic E-state index is 11.9. The minimum Gasteiger partial charge on any atom is -0.356 e. The monoisotopic (exact) mass is 337 g/mol. The lowest BCUT2D eigenvalue weighted by molar-refractivity contribution is -0.120. The molecule has 0 bridgehead atoms. The second kappa shape index (κ2) is 8.05. The lowest BCUT2D eigenvalue weighted by Crippen LogP contribution is -2.31. The van der Waals surface area contributed by atoms with Crippen molar-refractivity contribution in [3.63, 3.8) is 0 Å². The third kappa shape index (κ3) is 4.41. The van der Waals surface area contributed by atoms with Gasteiger partial charge in [-0.25, -0.2) is 0 Å². The third-order valence-electron chi connectivity index (χ3n) is 3.73. The van der Waals surface area contributed by atoms with E-state index in [-0.39, 0.29) is 18.2 Å². The summed E-state index contributed by atoms with van der Waals surface area (Å²) >= 11 is 0. The number of hydrogen-bond donors (Lipinski definition) is 2. The molecule has 2 aromatic heterocycles. The van der Waals surface area contributed by atoms with Gasteiger partial charge in [0, 0.05) is 37.7 Å². The zero-order valence-electron chi connectivity index (χ0n) is 13.7. The second-order valence-corrected chi connectivity index (χ2v) is 5.52. The van der Waals surface area contributed by atoms with Crippen LogP contribution in [0.4, 0.5) is 0 Å². The molecule has 0 unspecified atom stereocenters. The van der Waals surface area contributed by atoms with Crippen molar-refractivity contribution >= 4 is 17.5 Å². The molecule has 0 fully saturated rings. The van der Waals surface area contributed by atoms with Crippen LogP contribution in [-0.4, -0.2) is 39.5 Å². The Balaban J connectivity index is 1.38. The van der Waals surface area contributed by atoms with Crippen molar-refractivity contribution in [2.45, 2.75) is 12.8 Å². The highest BCUT2D eigenvalue weighted by Gasteiger charge is 2.07. The SMILES string of the molecule is O=C(CCNC(=O)c1ccccc1)NCCc1nnc2ccccn12. The van der Waals surface area contributed by atoms with Gasteiger partial charge in [0.05, 0.1) is 0 Å². The summed E-state index contributed by atoms with van der Waals surface area (Å²) in [7, 11) is 0. The average Bonchev–Trinajstić information content (AvgIpc) is 3.06. The normalized spacial score (nSPS) is 10.6. The van der Waals surface area contributed by atoms with Crippen LogP contribution in [0.25, 0.3) is 5.65 Å². The van der Waals surface area contributed by atoms with Gasteiger partial charge in [0.2, 0.25) is 5.91 Å². The quantitative estimate of drug-likeness (QED) is 0.678. The predicted octanol–water partition coefficient (Wildman–Crippen LogP) is 1.21. The van der Waals surface area contributed by atoms with E-state index < -0.39 is 0 Å². The maximum Gasteiger partial charge on any atom is 0.251 e. The van der Waals surface area contributed by atoms with Crippen LogP contribution in [-0.2, 0) is 11.2 Å². The first kappa shape index (κ1) is 16.6. The number of nitrogens with zero attached hydrogens (tertiary/aromatic N) is 3. The van der Waals surface area contributed by atoms with E-state index in [0.29, 0.717) is 25.1 Å². The van der Waals surface area contributed by atoms with E-state index in [1.54, 1.807) is 24.3 Å². The lowest BCUT2D eigenvalue weighted by atomic mass is 10.2. The van der Waals surface area contributed by atoms with Gasteiger partial charge in [0.15, 0.2) is 5.65 Å². The molecule has 3 rings (SSSR count). The van der Waals surface area contributed by atoms with Gasteiger partial charge >= 0.3 is 0 Å². The minimum atomic E-state index is -0.177. The van der Waals surface area contributed by atoms with Crippen molar-refractivity contribution in [3.8, 4) is 0 Å². The molecule has 1 aromatic carbocycles. The van der Waals surface area contributed by atoms with Gasteiger partial charge in [-0.3, -0.25) is 14.0 Å². The Bertz CT molecular complexity index is 860. The molecule has 2 heterocycles. The van der Waals surface area contributed by atoms with Crippen molar-refractivity contribution < 1.29 is 9.59 Å². The van der Waals surface area contributed by atoms with E-state index in [4.69, 9.17) is 0 Å². The van der Waals surface area contributed by atoms with Gasteiger partial charge in [-0.15, -0.1) is 10.2 Å². The van der Waals surface area contributed by atoms with Crippen molar-refractivity contribution in [2.75, 3.05) is 13.1 Å². The average molecular weight is 337 g/mol. The summed E-state index contributed by atoms with van der Waals surface area (Å²) in [4.78, 5) is 23.7. The number of fused-ring (bicyclic) bond motifs is 1. The Labute approximate surface area is 145 Å². The summed E-state index contributed by atoms with van der Waals surface area (Å²) in [5, 5.41) is 13.7. The number of carbonyl (C=O) groups is 2. The zero-order valence-corrected chi connectivity index (χ0v) is 13.7. The fraction of sp³-hybridized carbons (Fsp3) is 0.222. The van der Waals surface area contributed by atoms with Gasteiger partial charge in [-0.1, -0.05) is 24.3 Å². The topological polar surface area (TPSA) is 88.4 Å². The Hall–Kier alpha value is -3.22. The Morgan fingerprint density at radius 3 is 2.56 bits per heavy atom.